The van der Waals surface area contributed by atoms with Crippen LogP contribution in [-0.2, 0) is 9.59 Å². The second kappa shape index (κ2) is 16.6. The third-order valence-corrected chi connectivity index (χ3v) is 5.10. The van der Waals surface area contributed by atoms with Crippen molar-refractivity contribution < 1.29 is 19.8 Å². The number of allylic oxidation sites excluding steroid dienone is 8. The first-order valence-corrected chi connectivity index (χ1v) is 11.4. The predicted octanol–water partition coefficient (Wildman–Crippen LogP) is 5.18. The molecule has 1 fully saturated rings. The first-order valence-electron chi connectivity index (χ1n) is 11.4. The van der Waals surface area contributed by atoms with Gasteiger partial charge in [0.15, 0.2) is 0 Å². The molecule has 1 aliphatic rings. The maximum atomic E-state index is 12.2. The minimum atomic E-state index is -1.04. The molecule has 0 aromatic carbocycles. The molecule has 2 atom stereocenters. The third kappa shape index (κ3) is 11.8. The van der Waals surface area contributed by atoms with Crippen LogP contribution in [0.5, 0.6) is 0 Å². The van der Waals surface area contributed by atoms with Crippen LogP contribution in [0.15, 0.2) is 48.6 Å². The lowest BCUT2D eigenvalue weighted by Gasteiger charge is -2.20. The number of rotatable bonds is 15. The van der Waals surface area contributed by atoms with E-state index in [2.05, 4.69) is 55.5 Å². The zero-order valence-electron chi connectivity index (χ0n) is 18.4. The summed E-state index contributed by atoms with van der Waals surface area (Å²) in [5.74, 6) is -1.23. The molecule has 30 heavy (non-hydrogen) atoms. The van der Waals surface area contributed by atoms with E-state index in [-0.39, 0.29) is 18.9 Å². The van der Waals surface area contributed by atoms with Gasteiger partial charge in [-0.05, 0) is 44.9 Å². The average Bonchev–Trinajstić information content (AvgIpc) is 3.12. The van der Waals surface area contributed by atoms with E-state index in [4.69, 9.17) is 5.11 Å². The van der Waals surface area contributed by atoms with Crippen molar-refractivity contribution >= 4 is 11.9 Å². The van der Waals surface area contributed by atoms with Gasteiger partial charge in [0.25, 0.3) is 0 Å². The summed E-state index contributed by atoms with van der Waals surface area (Å²) in [7, 11) is 0. The summed E-state index contributed by atoms with van der Waals surface area (Å²) in [6.45, 7) is 2.35. The molecule has 5 heteroatoms. The van der Waals surface area contributed by atoms with Gasteiger partial charge in [-0.2, -0.15) is 0 Å². The van der Waals surface area contributed by atoms with E-state index in [0.717, 1.165) is 25.7 Å². The van der Waals surface area contributed by atoms with Crippen molar-refractivity contribution in [1.82, 2.24) is 4.90 Å². The number of carboxylic acids is 1. The molecular weight excluding hydrogens is 378 g/mol. The summed E-state index contributed by atoms with van der Waals surface area (Å²) in [6.07, 6.45) is 26.4. The summed E-state index contributed by atoms with van der Waals surface area (Å²) in [5, 5.41) is 18.7. The minimum absolute atomic E-state index is 0.123. The number of carbonyl (C=O) groups excluding carboxylic acids is 1. The van der Waals surface area contributed by atoms with Crippen LogP contribution >= 0.6 is 0 Å². The molecule has 0 spiro atoms. The third-order valence-electron chi connectivity index (χ3n) is 5.10. The Bertz CT molecular complexity index is 606. The van der Waals surface area contributed by atoms with Gasteiger partial charge in [0.1, 0.15) is 6.04 Å². The number of β-amino-alcohol motifs (C(OH)–C–C–N with tert-alkyl or cyclic N) is 1. The molecule has 168 valence electrons. The number of nitrogens with zero attached hydrogens (tertiary/aromatic N) is 1. The fourth-order valence-electron chi connectivity index (χ4n) is 3.40. The van der Waals surface area contributed by atoms with Gasteiger partial charge in [0, 0.05) is 19.4 Å². The molecule has 1 rings (SSSR count). The van der Waals surface area contributed by atoms with E-state index in [0.29, 0.717) is 12.8 Å². The summed E-state index contributed by atoms with van der Waals surface area (Å²) >= 11 is 0. The van der Waals surface area contributed by atoms with E-state index in [1.165, 1.54) is 30.6 Å². The number of hydrogen-bond donors (Lipinski definition) is 2. The first-order chi connectivity index (χ1) is 14.6. The molecule has 1 amide bonds. The molecule has 1 saturated heterocycles. The predicted molar refractivity (Wildman–Crippen MR) is 122 cm³/mol. The molecular formula is C25H39NO4. The van der Waals surface area contributed by atoms with Gasteiger partial charge in [-0.15, -0.1) is 0 Å². The van der Waals surface area contributed by atoms with Crippen LogP contribution in [-0.4, -0.2) is 45.7 Å². The van der Waals surface area contributed by atoms with Gasteiger partial charge in [0.2, 0.25) is 5.91 Å². The molecule has 2 N–H and O–H groups in total. The topological polar surface area (TPSA) is 77.8 Å². The van der Waals surface area contributed by atoms with Crippen molar-refractivity contribution in [3.63, 3.8) is 0 Å². The Morgan fingerprint density at radius 1 is 0.867 bits per heavy atom. The van der Waals surface area contributed by atoms with Crippen LogP contribution in [0.25, 0.3) is 0 Å². The second-order valence-electron chi connectivity index (χ2n) is 7.77. The lowest BCUT2D eigenvalue weighted by Crippen LogP contribution is -2.40. The molecule has 0 saturated carbocycles. The van der Waals surface area contributed by atoms with Crippen LogP contribution in [0.2, 0.25) is 0 Å². The number of unbranched alkanes of at least 4 members (excludes halogenated alkanes) is 4. The first kappa shape index (κ1) is 25.9. The van der Waals surface area contributed by atoms with Crippen LogP contribution in [0.1, 0.15) is 77.6 Å². The maximum Gasteiger partial charge on any atom is 0.326 e. The molecule has 5 nitrogen and oxygen atoms in total. The van der Waals surface area contributed by atoms with Gasteiger partial charge in [-0.1, -0.05) is 68.4 Å². The van der Waals surface area contributed by atoms with Gasteiger partial charge >= 0.3 is 5.97 Å². The molecule has 0 aromatic heterocycles. The lowest BCUT2D eigenvalue weighted by atomic mass is 10.1. The van der Waals surface area contributed by atoms with Crippen molar-refractivity contribution in [1.29, 1.82) is 0 Å². The average molecular weight is 418 g/mol. The number of likely N-dealkylation sites (tertiary alicyclic amines) is 1. The van der Waals surface area contributed by atoms with Crippen LogP contribution in [0.4, 0.5) is 0 Å². The van der Waals surface area contributed by atoms with E-state index < -0.39 is 18.1 Å². The second-order valence-corrected chi connectivity index (χ2v) is 7.77. The molecule has 0 radical (unpaired) electrons. The molecule has 0 aromatic rings. The Morgan fingerprint density at radius 3 is 1.93 bits per heavy atom. The standard InChI is InChI=1S/C25H39NO4/c1-2-3-4-5-6-7-8-9-10-11-12-13-14-15-16-17-18-19-24(28)26-21-22(27)20-23(26)25(29)30/h6-7,9-10,12-13,15-16,22-23,27H,2-5,8,11,14,17-21H2,1H3,(H,29,30). The van der Waals surface area contributed by atoms with Gasteiger partial charge in [-0.25, -0.2) is 4.79 Å². The van der Waals surface area contributed by atoms with Crippen molar-refractivity contribution in [3.05, 3.63) is 48.6 Å². The van der Waals surface area contributed by atoms with Crippen molar-refractivity contribution in [3.8, 4) is 0 Å². The van der Waals surface area contributed by atoms with Gasteiger partial charge in [-0.3, -0.25) is 4.79 Å². The summed E-state index contributed by atoms with van der Waals surface area (Å²) in [4.78, 5) is 24.6. The largest absolute Gasteiger partial charge is 0.480 e. The Balaban J connectivity index is 2.05. The lowest BCUT2D eigenvalue weighted by molar-refractivity contribution is -0.148. The van der Waals surface area contributed by atoms with Crippen molar-refractivity contribution in [2.24, 2.45) is 0 Å². The van der Waals surface area contributed by atoms with Crippen LogP contribution < -0.4 is 0 Å². The molecule has 2 unspecified atom stereocenters. The zero-order valence-corrected chi connectivity index (χ0v) is 18.4. The number of amides is 1. The maximum absolute atomic E-state index is 12.2. The number of carbonyl (C=O) groups is 2. The Hall–Kier alpha value is -2.14. The minimum Gasteiger partial charge on any atom is -0.480 e. The quantitative estimate of drug-likeness (QED) is 0.284. The highest BCUT2D eigenvalue weighted by atomic mass is 16.4. The van der Waals surface area contributed by atoms with Gasteiger partial charge < -0.3 is 15.1 Å². The zero-order chi connectivity index (χ0) is 22.0. The van der Waals surface area contributed by atoms with Crippen LogP contribution in [0.3, 0.4) is 0 Å². The summed E-state index contributed by atoms with van der Waals surface area (Å²) in [6, 6.07) is -0.885. The van der Waals surface area contributed by atoms with E-state index in [9.17, 15) is 14.7 Å². The van der Waals surface area contributed by atoms with Gasteiger partial charge in [0.05, 0.1) is 6.10 Å². The number of aliphatic hydroxyl groups is 1. The molecule has 0 aliphatic carbocycles. The van der Waals surface area contributed by atoms with E-state index >= 15 is 0 Å². The smallest absolute Gasteiger partial charge is 0.326 e. The van der Waals surface area contributed by atoms with E-state index in [1.54, 1.807) is 0 Å². The number of aliphatic carboxylic acids is 1. The molecule has 0 bridgehead atoms. The Labute approximate surface area is 181 Å². The number of aliphatic hydroxyl groups excluding tert-OH is 1. The highest BCUT2D eigenvalue weighted by Gasteiger charge is 2.38. The van der Waals surface area contributed by atoms with Crippen molar-refractivity contribution in [2.75, 3.05) is 6.54 Å². The summed E-state index contributed by atoms with van der Waals surface area (Å²) in [5.41, 5.74) is 0. The SMILES string of the molecule is CCCCCC=CCC=CCC=CCC=CCCCC(=O)N1CC(O)CC1C(=O)O. The highest BCUT2D eigenvalue weighted by molar-refractivity contribution is 5.84. The Morgan fingerprint density at radius 2 is 1.40 bits per heavy atom. The molecule has 1 aliphatic heterocycles. The fourth-order valence-corrected chi connectivity index (χ4v) is 3.40. The number of hydrogen-bond acceptors (Lipinski definition) is 3. The monoisotopic (exact) mass is 417 g/mol. The van der Waals surface area contributed by atoms with Crippen molar-refractivity contribution in [2.45, 2.75) is 89.7 Å². The fraction of sp³-hybridized carbons (Fsp3) is 0.600. The Kier molecular flexibility index (Phi) is 14.4. The van der Waals surface area contributed by atoms with Crippen LogP contribution in [0, 0.1) is 0 Å². The summed E-state index contributed by atoms with van der Waals surface area (Å²) < 4.78 is 0. The highest BCUT2D eigenvalue weighted by Crippen LogP contribution is 2.19. The number of carboxylic acid groups (broad SMARTS) is 1. The normalized spacial score (nSPS) is 19.9. The van der Waals surface area contributed by atoms with E-state index in [1.807, 2.05) is 0 Å². The molecule has 1 heterocycles.